The molecule has 0 fully saturated rings. The highest BCUT2D eigenvalue weighted by Gasteiger charge is 2.35. The van der Waals surface area contributed by atoms with E-state index in [4.69, 9.17) is 20.0 Å². The van der Waals surface area contributed by atoms with Crippen molar-refractivity contribution in [2.24, 2.45) is 20.0 Å². The minimum Gasteiger partial charge on any atom is -0.249 e. The SMILES string of the molecule is C1=CC2=NC1=CC1=NC(=C(c3cccc4c3ccc3ccccc34)C3=NC(=CC4=NC(=C2)C=C4)C=C3c2cccc3c2ccc2ccccc23)C(c2cccc3c2ccc2ccccc23)=C1c1cccc2c1ccc1ccccc12. The number of rotatable bonds is 4. The zero-order valence-electron chi connectivity index (χ0n) is 43.2. The van der Waals surface area contributed by atoms with Gasteiger partial charge in [0, 0.05) is 22.3 Å². The molecule has 4 nitrogen and oxygen atoms in total. The molecule has 0 amide bonds. The Hall–Kier alpha value is -10.7. The van der Waals surface area contributed by atoms with Crippen molar-refractivity contribution < 1.29 is 0 Å². The van der Waals surface area contributed by atoms with Crippen molar-refractivity contribution in [3.8, 4) is 0 Å². The molecule has 17 rings (SSSR count). The van der Waals surface area contributed by atoms with Crippen LogP contribution in [-0.2, 0) is 0 Å². The van der Waals surface area contributed by atoms with Gasteiger partial charge in [-0.25, -0.2) is 20.0 Å². The number of hydrogen-bond acceptors (Lipinski definition) is 4. The van der Waals surface area contributed by atoms with E-state index < -0.39 is 0 Å². The van der Waals surface area contributed by atoms with Crippen LogP contribution in [0.5, 0.6) is 0 Å². The first-order valence-electron chi connectivity index (χ1n) is 27.3. The lowest BCUT2D eigenvalue weighted by molar-refractivity contribution is 1.41. The van der Waals surface area contributed by atoms with E-state index in [2.05, 4.69) is 267 Å². The Morgan fingerprint density at radius 3 is 1.10 bits per heavy atom. The number of aliphatic imine (C=N–C) groups is 4. The van der Waals surface area contributed by atoms with Gasteiger partial charge in [0.1, 0.15) is 0 Å². The second kappa shape index (κ2) is 17.4. The molecular formula is C76H44N4. The van der Waals surface area contributed by atoms with Crippen LogP contribution in [0.3, 0.4) is 0 Å². The summed E-state index contributed by atoms with van der Waals surface area (Å²) in [4.78, 5) is 22.5. The lowest BCUT2D eigenvalue weighted by atomic mass is 9.81. The van der Waals surface area contributed by atoms with Crippen LogP contribution >= 0.6 is 0 Å². The Morgan fingerprint density at radius 2 is 0.613 bits per heavy atom. The van der Waals surface area contributed by atoms with E-state index in [1.54, 1.807) is 0 Å². The monoisotopic (exact) mass is 1010 g/mol. The highest BCUT2D eigenvalue weighted by Crippen LogP contribution is 2.51. The van der Waals surface area contributed by atoms with Crippen molar-refractivity contribution in [1.82, 2.24) is 0 Å². The molecule has 12 aromatic carbocycles. The van der Waals surface area contributed by atoms with Gasteiger partial charge in [0.2, 0.25) is 0 Å². The molecule has 0 unspecified atom stereocenters. The minimum absolute atomic E-state index is 0.805. The second-order valence-electron chi connectivity index (χ2n) is 21.2. The molecule has 0 saturated carbocycles. The Bertz CT molecular complexity index is 5270. The number of nitrogens with zero attached hydrogens (tertiary/aromatic N) is 4. The summed E-state index contributed by atoms with van der Waals surface area (Å²) in [6.07, 6.45) is 17.0. The summed E-state index contributed by atoms with van der Waals surface area (Å²) in [6.45, 7) is 0. The van der Waals surface area contributed by atoms with Crippen LogP contribution in [0.15, 0.2) is 310 Å². The lowest BCUT2D eigenvalue weighted by Crippen LogP contribution is -2.08. The summed E-state index contributed by atoms with van der Waals surface area (Å²) in [5.41, 5.74) is 14.9. The summed E-state index contributed by atoms with van der Waals surface area (Å²) in [7, 11) is 0. The van der Waals surface area contributed by atoms with Crippen LogP contribution in [0.1, 0.15) is 22.3 Å². The molecule has 0 radical (unpaired) electrons. The number of benzene rings is 12. The number of allylic oxidation sites excluding steroid dienone is 12. The van der Waals surface area contributed by atoms with Crippen molar-refractivity contribution in [2.75, 3.05) is 0 Å². The number of hydrogen-bond donors (Lipinski definition) is 0. The van der Waals surface area contributed by atoms with Gasteiger partial charge < -0.3 is 0 Å². The van der Waals surface area contributed by atoms with Gasteiger partial charge in [-0.15, -0.1) is 0 Å². The van der Waals surface area contributed by atoms with E-state index in [1.807, 2.05) is 0 Å². The first-order valence-corrected chi connectivity index (χ1v) is 27.3. The van der Waals surface area contributed by atoms with Gasteiger partial charge in [0.05, 0.1) is 45.6 Å². The first-order chi connectivity index (χ1) is 39.6. The van der Waals surface area contributed by atoms with Crippen LogP contribution in [0, 0.1) is 0 Å². The van der Waals surface area contributed by atoms with Crippen molar-refractivity contribution >= 4 is 131 Å². The highest BCUT2D eigenvalue weighted by molar-refractivity contribution is 6.52. The molecule has 0 spiro atoms. The van der Waals surface area contributed by atoms with Gasteiger partial charge in [0.15, 0.2) is 0 Å². The fraction of sp³-hybridized carbons (Fsp3) is 0. The molecule has 0 saturated heterocycles. The zero-order chi connectivity index (χ0) is 52.4. The molecule has 0 aromatic heterocycles. The van der Waals surface area contributed by atoms with Crippen molar-refractivity contribution in [2.45, 2.75) is 0 Å². The summed E-state index contributed by atoms with van der Waals surface area (Å²) in [5.74, 6) is 0. The van der Waals surface area contributed by atoms with Crippen molar-refractivity contribution in [3.05, 3.63) is 312 Å². The van der Waals surface area contributed by atoms with Crippen molar-refractivity contribution in [1.29, 1.82) is 0 Å². The van der Waals surface area contributed by atoms with Gasteiger partial charge in [-0.3, -0.25) is 0 Å². The van der Waals surface area contributed by atoms with E-state index in [-0.39, 0.29) is 0 Å². The third-order valence-corrected chi connectivity index (χ3v) is 16.7. The van der Waals surface area contributed by atoms with Crippen LogP contribution in [0.2, 0.25) is 0 Å². The van der Waals surface area contributed by atoms with Gasteiger partial charge in [0.25, 0.3) is 0 Å². The van der Waals surface area contributed by atoms with Crippen LogP contribution in [-0.4, -0.2) is 22.8 Å². The molecule has 368 valence electrons. The molecule has 0 N–H and O–H groups in total. The maximum atomic E-state index is 6.17. The first kappa shape index (κ1) is 44.4. The Kier molecular flexibility index (Phi) is 9.68. The molecule has 12 aromatic rings. The Labute approximate surface area is 460 Å². The van der Waals surface area contributed by atoms with E-state index in [1.165, 1.54) is 59.2 Å². The van der Waals surface area contributed by atoms with E-state index >= 15 is 0 Å². The predicted octanol–water partition coefficient (Wildman–Crippen LogP) is 18.9. The van der Waals surface area contributed by atoms with Gasteiger partial charge >= 0.3 is 0 Å². The number of fused-ring (bicyclic) bond motifs is 16. The third kappa shape index (κ3) is 6.89. The fourth-order valence-corrected chi connectivity index (χ4v) is 13.2. The summed E-state index contributed by atoms with van der Waals surface area (Å²) in [5, 5.41) is 18.8. The molecule has 8 bridgehead atoms. The second-order valence-corrected chi connectivity index (χ2v) is 21.2. The average Bonchev–Trinajstić information content (AvgIpc) is 4.42. The molecule has 4 heteroatoms. The van der Waals surface area contributed by atoms with Gasteiger partial charge in [-0.1, -0.05) is 218 Å². The molecule has 5 heterocycles. The smallest absolute Gasteiger partial charge is 0.0823 e. The topological polar surface area (TPSA) is 49.4 Å². The standard InChI is InChI=1S/C76H44N4/c1-5-17-54-45(13-1)29-37-63-58(54)21-9-25-62(63)70-43-53-42-51-34-33-49(77-51)41-50-35-36-52(78-50)44-71-72(67-26-10-22-59-55-18-6-2-14-46(55)30-38-64(59)67)73(68-27-11-23-60-56-19-7-3-15-47(56)31-39-65(60)68)76(80-71)74(75(70)79-53)69-28-12-24-61-57-20-8-4-16-48(57)32-40-66(61)69/h1-44H. The third-order valence-electron chi connectivity index (χ3n) is 16.7. The quantitative estimate of drug-likeness (QED) is 0.158. The average molecular weight is 1010 g/mol. The van der Waals surface area contributed by atoms with Gasteiger partial charge in [-0.2, -0.15) is 0 Å². The zero-order valence-corrected chi connectivity index (χ0v) is 43.2. The van der Waals surface area contributed by atoms with E-state index in [0.29, 0.717) is 0 Å². The maximum Gasteiger partial charge on any atom is 0.0823 e. The van der Waals surface area contributed by atoms with Crippen LogP contribution in [0.4, 0.5) is 0 Å². The Morgan fingerprint density at radius 1 is 0.225 bits per heavy atom. The summed E-state index contributed by atoms with van der Waals surface area (Å²) in [6, 6.07) is 80.2. The highest BCUT2D eigenvalue weighted by atomic mass is 14.9. The lowest BCUT2D eigenvalue weighted by Gasteiger charge is -2.21. The van der Waals surface area contributed by atoms with Crippen molar-refractivity contribution in [3.63, 3.8) is 0 Å². The fourth-order valence-electron chi connectivity index (χ4n) is 13.2. The van der Waals surface area contributed by atoms with E-state index in [0.717, 1.165) is 117 Å². The molecule has 0 atom stereocenters. The summed E-state index contributed by atoms with van der Waals surface area (Å²) >= 11 is 0. The van der Waals surface area contributed by atoms with Crippen LogP contribution < -0.4 is 0 Å². The molecule has 80 heavy (non-hydrogen) atoms. The van der Waals surface area contributed by atoms with E-state index in [9.17, 15) is 0 Å². The van der Waals surface area contributed by atoms with Crippen LogP contribution in [0.25, 0.3) is 108 Å². The minimum atomic E-state index is 0.805. The summed E-state index contributed by atoms with van der Waals surface area (Å²) < 4.78 is 0. The molecule has 5 aliphatic heterocycles. The molecule has 5 aliphatic rings. The normalized spacial score (nSPS) is 15.9. The molecular weight excluding hydrogens is 969 g/mol. The predicted molar refractivity (Wildman–Crippen MR) is 340 cm³/mol. The Balaban J connectivity index is 1.08. The maximum absolute atomic E-state index is 6.17. The van der Waals surface area contributed by atoms with Gasteiger partial charge in [-0.05, 0) is 157 Å². The largest absolute Gasteiger partial charge is 0.249 e. The molecule has 0 aliphatic carbocycles.